The Balaban J connectivity index is 2.26. The third-order valence-electron chi connectivity index (χ3n) is 6.19. The summed E-state index contributed by atoms with van der Waals surface area (Å²) < 4.78 is 13.4. The molecule has 0 aliphatic rings. The highest BCUT2D eigenvalue weighted by Gasteiger charge is 2.27. The fourth-order valence-corrected chi connectivity index (χ4v) is 5.70. The molecule has 3 heteroatoms. The molecule has 0 aromatic heterocycles. The summed E-state index contributed by atoms with van der Waals surface area (Å²) >= 11 is 0. The van der Waals surface area contributed by atoms with E-state index in [2.05, 4.69) is 41.5 Å². The predicted octanol–water partition coefficient (Wildman–Crippen LogP) is 7.66. The minimum atomic E-state index is -1.63. The lowest BCUT2D eigenvalue weighted by Crippen LogP contribution is -2.22. The van der Waals surface area contributed by atoms with Crippen molar-refractivity contribution in [3.63, 3.8) is 0 Å². The van der Waals surface area contributed by atoms with Gasteiger partial charge in [-0.15, -0.1) is 0 Å². The van der Waals surface area contributed by atoms with Gasteiger partial charge in [0.15, 0.2) is 5.78 Å². The predicted molar refractivity (Wildman–Crippen MR) is 130 cm³/mol. The van der Waals surface area contributed by atoms with Crippen molar-refractivity contribution in [2.24, 2.45) is 5.41 Å². The Labute approximate surface area is 184 Å². The van der Waals surface area contributed by atoms with Gasteiger partial charge in [0.25, 0.3) is 0 Å². The molecule has 2 atom stereocenters. The van der Waals surface area contributed by atoms with Crippen molar-refractivity contribution < 1.29 is 9.36 Å². The molecule has 0 heterocycles. The molecule has 0 saturated carbocycles. The third-order valence-corrected chi connectivity index (χ3v) is 8.17. The monoisotopic (exact) mass is 425 g/mol. The molecular weight excluding hydrogens is 387 g/mol. The Morgan fingerprint density at radius 1 is 0.900 bits per heavy atom. The number of benzene rings is 2. The zero-order valence-corrected chi connectivity index (χ0v) is 20.5. The molecule has 2 nitrogen and oxygen atoms in total. The summed E-state index contributed by atoms with van der Waals surface area (Å²) in [6.45, 7) is 13.1. The maximum Gasteiger partial charge on any atom is 0.194 e. The van der Waals surface area contributed by atoms with Gasteiger partial charge in [-0.05, 0) is 41.4 Å². The van der Waals surface area contributed by atoms with Gasteiger partial charge in [-0.25, -0.2) is 0 Å². The lowest BCUT2D eigenvalue weighted by atomic mass is 9.84. The van der Waals surface area contributed by atoms with Crippen LogP contribution in [0.4, 0.5) is 0 Å². The summed E-state index contributed by atoms with van der Waals surface area (Å²) in [5.41, 5.74) is 2.52. The van der Waals surface area contributed by atoms with Crippen LogP contribution in [0.2, 0.25) is 0 Å². The van der Waals surface area contributed by atoms with Crippen LogP contribution in [-0.2, 0) is 9.98 Å². The van der Waals surface area contributed by atoms with Crippen molar-refractivity contribution in [1.82, 2.24) is 0 Å². The minimum absolute atomic E-state index is 0.0430. The lowest BCUT2D eigenvalue weighted by Gasteiger charge is -2.28. The van der Waals surface area contributed by atoms with Gasteiger partial charge in [0, 0.05) is 22.6 Å². The zero-order valence-electron chi connectivity index (χ0n) is 19.6. The van der Waals surface area contributed by atoms with Crippen molar-refractivity contribution in [1.29, 1.82) is 0 Å². The molecule has 0 aliphatic carbocycles. The first kappa shape index (κ1) is 24.5. The highest BCUT2D eigenvalue weighted by Crippen LogP contribution is 2.38. The van der Waals surface area contributed by atoms with Crippen molar-refractivity contribution in [2.75, 3.05) is 6.16 Å². The van der Waals surface area contributed by atoms with Gasteiger partial charge in [0.2, 0.25) is 0 Å². The van der Waals surface area contributed by atoms with E-state index < -0.39 is 7.80 Å². The smallest absolute Gasteiger partial charge is 0.194 e. The van der Waals surface area contributed by atoms with E-state index >= 15 is 0 Å². The van der Waals surface area contributed by atoms with Crippen molar-refractivity contribution >= 4 is 18.9 Å². The Bertz CT molecular complexity index is 861. The average molecular weight is 426 g/mol. The van der Waals surface area contributed by atoms with Gasteiger partial charge in [0.1, 0.15) is 7.80 Å². The Morgan fingerprint density at radius 3 is 2.10 bits per heavy atom. The van der Waals surface area contributed by atoms with Crippen LogP contribution in [0, 0.1) is 5.41 Å². The van der Waals surface area contributed by atoms with E-state index in [9.17, 15) is 9.36 Å². The van der Waals surface area contributed by atoms with Gasteiger partial charge in [-0.3, -0.25) is 9.36 Å². The molecule has 0 fully saturated rings. The molecule has 2 unspecified atom stereocenters. The third kappa shape index (κ3) is 6.35. The molecule has 0 amide bonds. The SMILES string of the molecule is CCCCCC(C)(CC)C[P](=O)c1ccccc1C(=O)c1ccc(C(C)(C)C)cc1. The van der Waals surface area contributed by atoms with E-state index in [1.54, 1.807) is 0 Å². The number of hydrogen-bond donors (Lipinski definition) is 0. The second-order valence-corrected chi connectivity index (χ2v) is 11.4. The fraction of sp³-hybridized carbons (Fsp3) is 0.519. The van der Waals surface area contributed by atoms with Crippen LogP contribution < -0.4 is 5.30 Å². The fourth-order valence-electron chi connectivity index (χ4n) is 3.76. The van der Waals surface area contributed by atoms with Crippen molar-refractivity contribution in [3.05, 3.63) is 65.2 Å². The highest BCUT2D eigenvalue weighted by molar-refractivity contribution is 7.53. The average Bonchev–Trinajstić information content (AvgIpc) is 2.73. The molecule has 2 aromatic carbocycles. The number of unbranched alkanes of at least 4 members (excludes halogenated alkanes) is 2. The molecule has 30 heavy (non-hydrogen) atoms. The molecule has 0 N–H and O–H groups in total. The second-order valence-electron chi connectivity index (χ2n) is 9.83. The molecule has 0 saturated heterocycles. The van der Waals surface area contributed by atoms with E-state index in [0.717, 1.165) is 12.8 Å². The molecule has 1 radical (unpaired) electrons. The molecule has 0 aliphatic heterocycles. The molecule has 2 rings (SSSR count). The van der Waals surface area contributed by atoms with Gasteiger partial charge in [-0.2, -0.15) is 0 Å². The summed E-state index contributed by atoms with van der Waals surface area (Å²) in [6.07, 6.45) is 6.30. The van der Waals surface area contributed by atoms with Crippen LogP contribution in [0.3, 0.4) is 0 Å². The molecule has 2 aromatic rings. The van der Waals surface area contributed by atoms with E-state index in [0.29, 0.717) is 22.6 Å². The van der Waals surface area contributed by atoms with Crippen LogP contribution in [-0.4, -0.2) is 11.9 Å². The Hall–Kier alpha value is -1.79. The van der Waals surface area contributed by atoms with Crippen LogP contribution in [0.25, 0.3) is 0 Å². The summed E-state index contributed by atoms with van der Waals surface area (Å²) in [6, 6.07) is 15.3. The van der Waals surface area contributed by atoms with Gasteiger partial charge in [0.05, 0.1) is 0 Å². The van der Waals surface area contributed by atoms with Crippen LogP contribution in [0.15, 0.2) is 48.5 Å². The minimum Gasteiger partial charge on any atom is -0.289 e. The first-order valence-corrected chi connectivity index (χ1v) is 12.7. The number of hydrogen-bond acceptors (Lipinski definition) is 2. The van der Waals surface area contributed by atoms with E-state index in [1.807, 2.05) is 48.5 Å². The highest BCUT2D eigenvalue weighted by atomic mass is 31.1. The number of carbonyl (C=O) groups is 1. The van der Waals surface area contributed by atoms with Gasteiger partial charge < -0.3 is 0 Å². The largest absolute Gasteiger partial charge is 0.289 e. The van der Waals surface area contributed by atoms with Gasteiger partial charge >= 0.3 is 0 Å². The molecule has 163 valence electrons. The first-order valence-electron chi connectivity index (χ1n) is 11.3. The van der Waals surface area contributed by atoms with Crippen LogP contribution in [0.5, 0.6) is 0 Å². The van der Waals surface area contributed by atoms with E-state index in [-0.39, 0.29) is 16.6 Å². The summed E-state index contributed by atoms with van der Waals surface area (Å²) in [4.78, 5) is 13.3. The van der Waals surface area contributed by atoms with Gasteiger partial charge in [-0.1, -0.05) is 97.2 Å². The van der Waals surface area contributed by atoms with Crippen molar-refractivity contribution in [3.8, 4) is 0 Å². The maximum absolute atomic E-state index is 13.4. The summed E-state index contributed by atoms with van der Waals surface area (Å²) in [5.74, 6) is -0.0430. The lowest BCUT2D eigenvalue weighted by molar-refractivity contribution is 0.103. The Kier molecular flexibility index (Phi) is 8.56. The van der Waals surface area contributed by atoms with E-state index in [1.165, 1.54) is 24.8 Å². The summed E-state index contributed by atoms with van der Waals surface area (Å²) in [7, 11) is -1.63. The standard InChI is InChI=1S/C27H38O2P/c1-7-9-12-19-27(6,8-2)20-30(29)24-14-11-10-13-23(24)25(28)21-15-17-22(18-16-21)26(3,4)5/h10-11,13-18H,7-9,12,19-20H2,1-6H3. The van der Waals surface area contributed by atoms with Crippen LogP contribution >= 0.6 is 7.80 Å². The topological polar surface area (TPSA) is 34.1 Å². The quantitative estimate of drug-likeness (QED) is 0.222. The van der Waals surface area contributed by atoms with E-state index in [4.69, 9.17) is 0 Å². The Morgan fingerprint density at radius 2 is 1.53 bits per heavy atom. The molecule has 0 bridgehead atoms. The number of carbonyl (C=O) groups excluding carboxylic acids is 1. The molecular formula is C27H38O2P. The van der Waals surface area contributed by atoms with Crippen molar-refractivity contribution in [2.45, 2.75) is 79.1 Å². The number of rotatable bonds is 10. The normalized spacial score (nSPS) is 14.3. The first-order chi connectivity index (χ1) is 14.1. The maximum atomic E-state index is 13.4. The number of ketones is 1. The van der Waals surface area contributed by atoms with Crippen LogP contribution in [0.1, 0.15) is 95.1 Å². The molecule has 0 spiro atoms. The zero-order chi connectivity index (χ0) is 22.4. The summed E-state index contributed by atoms with van der Waals surface area (Å²) in [5, 5.41) is 0.701. The second kappa shape index (κ2) is 10.5.